The first kappa shape index (κ1) is 14.5. The molecule has 0 atom stereocenters. The third-order valence-corrected chi connectivity index (χ3v) is 2.80. The summed E-state index contributed by atoms with van der Waals surface area (Å²) in [5.41, 5.74) is 0.127. The molecule has 18 heavy (non-hydrogen) atoms. The van der Waals surface area contributed by atoms with Crippen LogP contribution in [0.2, 0.25) is 0 Å². The number of aromatic carboxylic acids is 1. The lowest BCUT2D eigenvalue weighted by Crippen LogP contribution is -2.25. The molecule has 1 aromatic carbocycles. The van der Waals surface area contributed by atoms with Crippen LogP contribution in [0.3, 0.4) is 0 Å². The van der Waals surface area contributed by atoms with Gasteiger partial charge in [0.25, 0.3) is 0 Å². The normalized spacial score (nSPS) is 11.3. The van der Waals surface area contributed by atoms with E-state index < -0.39 is 5.97 Å². The number of hydrogen-bond acceptors (Lipinski definition) is 3. The van der Waals surface area contributed by atoms with Crippen molar-refractivity contribution in [1.82, 2.24) is 0 Å². The predicted octanol–water partition coefficient (Wildman–Crippen LogP) is 2.97. The van der Waals surface area contributed by atoms with Crippen molar-refractivity contribution >= 4 is 5.97 Å². The lowest BCUT2D eigenvalue weighted by molar-refractivity contribution is -0.0317. The molecule has 0 heterocycles. The van der Waals surface area contributed by atoms with E-state index in [0.29, 0.717) is 19.0 Å². The van der Waals surface area contributed by atoms with E-state index in [2.05, 4.69) is 6.92 Å². The second kappa shape index (κ2) is 6.40. The van der Waals surface area contributed by atoms with Crippen molar-refractivity contribution in [2.45, 2.75) is 32.8 Å². The van der Waals surface area contributed by atoms with Gasteiger partial charge in [-0.05, 0) is 44.5 Å². The Hall–Kier alpha value is -1.55. The molecule has 4 nitrogen and oxygen atoms in total. The van der Waals surface area contributed by atoms with Crippen molar-refractivity contribution in [2.75, 3.05) is 13.2 Å². The molecule has 1 rings (SSSR count). The largest absolute Gasteiger partial charge is 0.491 e. The highest BCUT2D eigenvalue weighted by atomic mass is 16.5. The number of ether oxygens (including phenoxy) is 2. The van der Waals surface area contributed by atoms with Crippen molar-refractivity contribution < 1.29 is 19.4 Å². The van der Waals surface area contributed by atoms with E-state index in [1.165, 1.54) is 12.1 Å². The maximum Gasteiger partial charge on any atom is 0.335 e. The van der Waals surface area contributed by atoms with E-state index >= 15 is 0 Å². The van der Waals surface area contributed by atoms with Crippen LogP contribution in [0, 0.1) is 0 Å². The molecule has 0 amide bonds. The topological polar surface area (TPSA) is 55.8 Å². The van der Waals surface area contributed by atoms with Gasteiger partial charge in [-0.15, -0.1) is 0 Å². The number of carboxylic acids is 1. The summed E-state index contributed by atoms with van der Waals surface area (Å²) < 4.78 is 11.1. The standard InChI is InChI=1S/C14H20O4/c1-4-14(2,3)18-10-9-17-12-7-5-11(6-8-12)13(15)16/h5-8H,4,9-10H2,1-3H3,(H,15,16). The molecule has 0 unspecified atom stereocenters. The summed E-state index contributed by atoms with van der Waals surface area (Å²) in [6.45, 7) is 7.12. The van der Waals surface area contributed by atoms with Crippen LogP contribution in [-0.2, 0) is 4.74 Å². The first-order chi connectivity index (χ1) is 8.44. The molecular weight excluding hydrogens is 232 g/mol. The highest BCUT2D eigenvalue weighted by Gasteiger charge is 2.14. The summed E-state index contributed by atoms with van der Waals surface area (Å²) in [5.74, 6) is -0.285. The minimum atomic E-state index is -0.936. The van der Waals surface area contributed by atoms with Gasteiger partial charge in [-0.1, -0.05) is 6.92 Å². The molecule has 1 aromatic rings. The lowest BCUT2D eigenvalue weighted by atomic mass is 10.1. The van der Waals surface area contributed by atoms with Crippen molar-refractivity contribution in [3.8, 4) is 5.75 Å². The molecule has 0 saturated carbocycles. The van der Waals surface area contributed by atoms with Crippen molar-refractivity contribution in [2.24, 2.45) is 0 Å². The Morgan fingerprint density at radius 1 is 1.22 bits per heavy atom. The number of benzene rings is 1. The van der Waals surface area contributed by atoms with Gasteiger partial charge in [0.1, 0.15) is 12.4 Å². The smallest absolute Gasteiger partial charge is 0.335 e. The summed E-state index contributed by atoms with van der Waals surface area (Å²) in [6.07, 6.45) is 0.945. The van der Waals surface area contributed by atoms with Gasteiger partial charge >= 0.3 is 5.97 Å². The minimum Gasteiger partial charge on any atom is -0.491 e. The average molecular weight is 252 g/mol. The van der Waals surface area contributed by atoms with Gasteiger partial charge in [0.2, 0.25) is 0 Å². The molecule has 0 aliphatic rings. The fraction of sp³-hybridized carbons (Fsp3) is 0.500. The fourth-order valence-corrected chi connectivity index (χ4v) is 1.27. The average Bonchev–Trinajstić information content (AvgIpc) is 2.35. The molecule has 1 N–H and O–H groups in total. The van der Waals surface area contributed by atoms with Crippen molar-refractivity contribution in [1.29, 1.82) is 0 Å². The van der Waals surface area contributed by atoms with Crippen LogP contribution < -0.4 is 4.74 Å². The summed E-state index contributed by atoms with van der Waals surface area (Å²) >= 11 is 0. The Kier molecular flexibility index (Phi) is 5.16. The van der Waals surface area contributed by atoms with Crippen molar-refractivity contribution in [3.05, 3.63) is 29.8 Å². The van der Waals surface area contributed by atoms with E-state index in [0.717, 1.165) is 6.42 Å². The molecule has 0 saturated heterocycles. The maximum absolute atomic E-state index is 10.7. The van der Waals surface area contributed by atoms with Gasteiger partial charge in [0.05, 0.1) is 17.8 Å². The van der Waals surface area contributed by atoms with E-state index in [4.69, 9.17) is 14.6 Å². The van der Waals surface area contributed by atoms with Crippen LogP contribution >= 0.6 is 0 Å². The van der Waals surface area contributed by atoms with E-state index in [1.807, 2.05) is 13.8 Å². The monoisotopic (exact) mass is 252 g/mol. The molecule has 100 valence electrons. The Labute approximate surface area is 108 Å². The van der Waals surface area contributed by atoms with Crippen molar-refractivity contribution in [3.63, 3.8) is 0 Å². The number of carboxylic acid groups (broad SMARTS) is 1. The van der Waals surface area contributed by atoms with Crippen LogP contribution in [0.4, 0.5) is 0 Å². The number of rotatable bonds is 7. The summed E-state index contributed by atoms with van der Waals surface area (Å²) in [7, 11) is 0. The molecule has 0 aliphatic heterocycles. The Morgan fingerprint density at radius 2 is 1.83 bits per heavy atom. The first-order valence-electron chi connectivity index (χ1n) is 6.05. The highest BCUT2D eigenvalue weighted by Crippen LogP contribution is 2.14. The van der Waals surface area contributed by atoms with Crippen LogP contribution in [0.25, 0.3) is 0 Å². The third-order valence-electron chi connectivity index (χ3n) is 2.80. The molecule has 0 bridgehead atoms. The molecule has 0 fully saturated rings. The first-order valence-corrected chi connectivity index (χ1v) is 6.05. The van der Waals surface area contributed by atoms with Crippen LogP contribution in [-0.4, -0.2) is 29.9 Å². The SMILES string of the molecule is CCC(C)(C)OCCOc1ccc(C(=O)O)cc1. The molecule has 0 aliphatic carbocycles. The second-order valence-electron chi connectivity index (χ2n) is 4.64. The molecule has 4 heteroatoms. The fourth-order valence-electron chi connectivity index (χ4n) is 1.27. The minimum absolute atomic E-state index is 0.128. The Balaban J connectivity index is 2.34. The van der Waals surface area contributed by atoms with E-state index in [-0.39, 0.29) is 11.2 Å². The van der Waals surface area contributed by atoms with Crippen LogP contribution in [0.1, 0.15) is 37.6 Å². The highest BCUT2D eigenvalue weighted by molar-refractivity contribution is 5.87. The van der Waals surface area contributed by atoms with Gasteiger partial charge in [-0.25, -0.2) is 4.79 Å². The Bertz CT molecular complexity index is 381. The zero-order valence-electron chi connectivity index (χ0n) is 11.1. The van der Waals surface area contributed by atoms with E-state index in [1.54, 1.807) is 12.1 Å². The summed E-state index contributed by atoms with van der Waals surface area (Å²) in [5, 5.41) is 8.75. The summed E-state index contributed by atoms with van der Waals surface area (Å²) in [6, 6.07) is 6.34. The predicted molar refractivity (Wildman–Crippen MR) is 69.2 cm³/mol. The van der Waals surface area contributed by atoms with Gasteiger partial charge in [-0.3, -0.25) is 0 Å². The molecular formula is C14H20O4. The second-order valence-corrected chi connectivity index (χ2v) is 4.64. The van der Waals surface area contributed by atoms with Crippen LogP contribution in [0.5, 0.6) is 5.75 Å². The lowest BCUT2D eigenvalue weighted by Gasteiger charge is -2.23. The molecule has 0 aromatic heterocycles. The maximum atomic E-state index is 10.7. The number of carbonyl (C=O) groups is 1. The van der Waals surface area contributed by atoms with Gasteiger partial charge in [-0.2, -0.15) is 0 Å². The molecule has 0 spiro atoms. The quantitative estimate of drug-likeness (QED) is 0.758. The zero-order valence-corrected chi connectivity index (χ0v) is 11.1. The third kappa shape index (κ3) is 4.75. The number of hydrogen-bond donors (Lipinski definition) is 1. The van der Waals surface area contributed by atoms with Gasteiger partial charge in [0.15, 0.2) is 0 Å². The zero-order chi connectivity index (χ0) is 13.6. The summed E-state index contributed by atoms with van der Waals surface area (Å²) in [4.78, 5) is 10.7. The molecule has 0 radical (unpaired) electrons. The van der Waals surface area contributed by atoms with Gasteiger partial charge in [0, 0.05) is 0 Å². The Morgan fingerprint density at radius 3 is 2.33 bits per heavy atom. The van der Waals surface area contributed by atoms with Crippen LogP contribution in [0.15, 0.2) is 24.3 Å². The van der Waals surface area contributed by atoms with Gasteiger partial charge < -0.3 is 14.6 Å². The van der Waals surface area contributed by atoms with E-state index in [9.17, 15) is 4.79 Å².